The minimum absolute atomic E-state index is 0.809. The lowest BCUT2D eigenvalue weighted by molar-refractivity contribution is 0.397. The maximum Gasteiger partial charge on any atom is 0.181 e. The van der Waals surface area contributed by atoms with Crippen molar-refractivity contribution < 1.29 is 4.42 Å². The first-order chi connectivity index (χ1) is 7.18. The number of aryl methyl sites for hydroxylation is 1. The van der Waals surface area contributed by atoms with Crippen molar-refractivity contribution in [3.8, 4) is 10.6 Å². The van der Waals surface area contributed by atoms with Gasteiger partial charge in [-0.3, -0.25) is 0 Å². The van der Waals surface area contributed by atoms with Gasteiger partial charge in [0.15, 0.2) is 12.2 Å². The van der Waals surface area contributed by atoms with E-state index in [0.29, 0.717) is 0 Å². The zero-order chi connectivity index (χ0) is 10.8. The van der Waals surface area contributed by atoms with Crippen LogP contribution in [0.15, 0.2) is 22.3 Å². The van der Waals surface area contributed by atoms with Gasteiger partial charge in [0, 0.05) is 6.54 Å². The molecule has 0 aliphatic heterocycles. The zero-order valence-electron chi connectivity index (χ0n) is 9.15. The molecule has 2 aromatic rings. The molecule has 0 fully saturated rings. The Kier molecular flexibility index (Phi) is 2.88. The summed E-state index contributed by atoms with van der Waals surface area (Å²) in [4.78, 5) is 7.52. The van der Waals surface area contributed by atoms with Crippen LogP contribution in [-0.4, -0.2) is 24.0 Å². The van der Waals surface area contributed by atoms with Gasteiger partial charge in [0.25, 0.3) is 0 Å². The van der Waals surface area contributed by atoms with Crippen molar-refractivity contribution >= 4 is 11.3 Å². The fourth-order valence-electron chi connectivity index (χ4n) is 1.47. The molecule has 0 N–H and O–H groups in total. The standard InChI is InChI=1S/C11H14N2OS/c1-8-4-5-15-11(8)10-9(6-13(2)3)12-7-14-10/h4-5,7H,6H2,1-3H3. The van der Waals surface area contributed by atoms with Gasteiger partial charge in [-0.15, -0.1) is 11.3 Å². The van der Waals surface area contributed by atoms with Crippen LogP contribution in [0.2, 0.25) is 0 Å². The van der Waals surface area contributed by atoms with Gasteiger partial charge in [-0.25, -0.2) is 4.98 Å². The smallest absolute Gasteiger partial charge is 0.181 e. The Morgan fingerprint density at radius 3 is 2.87 bits per heavy atom. The Bertz CT molecular complexity index is 445. The topological polar surface area (TPSA) is 29.3 Å². The first-order valence-corrected chi connectivity index (χ1v) is 5.68. The Morgan fingerprint density at radius 1 is 1.47 bits per heavy atom. The summed E-state index contributed by atoms with van der Waals surface area (Å²) in [5.74, 6) is 0.913. The van der Waals surface area contributed by atoms with Crippen LogP contribution in [0.4, 0.5) is 0 Å². The maximum atomic E-state index is 5.46. The predicted molar refractivity (Wildman–Crippen MR) is 61.9 cm³/mol. The normalized spacial score (nSPS) is 11.2. The molecule has 2 rings (SSSR count). The summed E-state index contributed by atoms with van der Waals surface area (Å²) in [6, 6.07) is 2.10. The molecule has 0 unspecified atom stereocenters. The number of hydrogen-bond acceptors (Lipinski definition) is 4. The highest BCUT2D eigenvalue weighted by Crippen LogP contribution is 2.31. The van der Waals surface area contributed by atoms with Crippen molar-refractivity contribution in [2.45, 2.75) is 13.5 Å². The minimum Gasteiger partial charge on any atom is -0.442 e. The molecule has 15 heavy (non-hydrogen) atoms. The molecule has 2 aromatic heterocycles. The molecule has 0 radical (unpaired) electrons. The molecule has 0 aliphatic carbocycles. The van der Waals surface area contributed by atoms with E-state index in [0.717, 1.165) is 18.0 Å². The van der Waals surface area contributed by atoms with Crippen LogP contribution in [0.1, 0.15) is 11.3 Å². The van der Waals surface area contributed by atoms with E-state index in [1.165, 1.54) is 16.8 Å². The van der Waals surface area contributed by atoms with Crippen molar-refractivity contribution in [2.24, 2.45) is 0 Å². The van der Waals surface area contributed by atoms with Crippen LogP contribution in [0.25, 0.3) is 10.6 Å². The molecular formula is C11H14N2OS. The quantitative estimate of drug-likeness (QED) is 0.799. The van der Waals surface area contributed by atoms with Gasteiger partial charge in [-0.1, -0.05) is 0 Å². The van der Waals surface area contributed by atoms with Gasteiger partial charge in [0.2, 0.25) is 0 Å². The van der Waals surface area contributed by atoms with Gasteiger partial charge in [-0.05, 0) is 38.0 Å². The zero-order valence-corrected chi connectivity index (χ0v) is 9.97. The van der Waals surface area contributed by atoms with E-state index < -0.39 is 0 Å². The van der Waals surface area contributed by atoms with Gasteiger partial charge < -0.3 is 9.32 Å². The van der Waals surface area contributed by atoms with Gasteiger partial charge in [-0.2, -0.15) is 0 Å². The van der Waals surface area contributed by atoms with E-state index in [4.69, 9.17) is 4.42 Å². The van der Waals surface area contributed by atoms with E-state index in [2.05, 4.69) is 28.3 Å². The second-order valence-electron chi connectivity index (χ2n) is 3.80. The second-order valence-corrected chi connectivity index (χ2v) is 4.71. The minimum atomic E-state index is 0.809. The first-order valence-electron chi connectivity index (χ1n) is 4.80. The van der Waals surface area contributed by atoms with Crippen molar-refractivity contribution in [1.29, 1.82) is 0 Å². The third-order valence-corrected chi connectivity index (χ3v) is 3.19. The molecule has 2 heterocycles. The molecule has 0 spiro atoms. The van der Waals surface area contributed by atoms with Crippen LogP contribution in [0, 0.1) is 6.92 Å². The highest BCUT2D eigenvalue weighted by Gasteiger charge is 2.14. The fraction of sp³-hybridized carbons (Fsp3) is 0.364. The Hall–Kier alpha value is -1.13. The SMILES string of the molecule is Cc1ccsc1-c1ocnc1CN(C)C. The summed E-state index contributed by atoms with van der Waals surface area (Å²) < 4.78 is 5.46. The van der Waals surface area contributed by atoms with Crippen LogP contribution >= 0.6 is 11.3 Å². The van der Waals surface area contributed by atoms with E-state index >= 15 is 0 Å². The number of aromatic nitrogens is 1. The summed E-state index contributed by atoms with van der Waals surface area (Å²) in [5, 5.41) is 2.08. The average molecular weight is 222 g/mol. The van der Waals surface area contributed by atoms with Gasteiger partial charge >= 0.3 is 0 Å². The van der Waals surface area contributed by atoms with Gasteiger partial charge in [0.1, 0.15) is 5.69 Å². The number of thiophene rings is 1. The summed E-state index contributed by atoms with van der Waals surface area (Å²) in [5.41, 5.74) is 2.25. The van der Waals surface area contributed by atoms with Crippen molar-refractivity contribution in [2.75, 3.05) is 14.1 Å². The predicted octanol–water partition coefficient (Wildman–Crippen LogP) is 2.77. The lowest BCUT2D eigenvalue weighted by Crippen LogP contribution is -2.11. The molecule has 3 nitrogen and oxygen atoms in total. The molecule has 0 amide bonds. The van der Waals surface area contributed by atoms with E-state index in [1.54, 1.807) is 11.3 Å². The summed E-state index contributed by atoms with van der Waals surface area (Å²) in [6.45, 7) is 2.90. The van der Waals surface area contributed by atoms with Crippen LogP contribution in [-0.2, 0) is 6.54 Å². The fourth-order valence-corrected chi connectivity index (χ4v) is 2.41. The summed E-state index contributed by atoms with van der Waals surface area (Å²) in [7, 11) is 4.06. The van der Waals surface area contributed by atoms with Gasteiger partial charge in [0.05, 0.1) is 4.88 Å². The maximum absolute atomic E-state index is 5.46. The third kappa shape index (κ3) is 2.11. The summed E-state index contributed by atoms with van der Waals surface area (Å²) in [6.07, 6.45) is 1.52. The van der Waals surface area contributed by atoms with Crippen molar-refractivity contribution in [1.82, 2.24) is 9.88 Å². The van der Waals surface area contributed by atoms with E-state index in [9.17, 15) is 0 Å². The molecule has 0 bridgehead atoms. The van der Waals surface area contributed by atoms with Crippen LogP contribution in [0.3, 0.4) is 0 Å². The molecule has 80 valence electrons. The van der Waals surface area contributed by atoms with E-state index in [1.807, 2.05) is 14.1 Å². The van der Waals surface area contributed by atoms with Crippen molar-refractivity contribution in [3.63, 3.8) is 0 Å². The number of rotatable bonds is 3. The first kappa shape index (κ1) is 10.4. The van der Waals surface area contributed by atoms with E-state index in [-0.39, 0.29) is 0 Å². The van der Waals surface area contributed by atoms with Crippen LogP contribution in [0.5, 0.6) is 0 Å². The molecule has 4 heteroatoms. The Morgan fingerprint density at radius 2 is 2.27 bits per heavy atom. The second kappa shape index (κ2) is 4.16. The Labute approximate surface area is 93.4 Å². The molecule has 0 saturated carbocycles. The Balaban J connectivity index is 2.37. The van der Waals surface area contributed by atoms with Crippen LogP contribution < -0.4 is 0 Å². The molecule has 0 aromatic carbocycles. The number of oxazole rings is 1. The highest BCUT2D eigenvalue weighted by atomic mass is 32.1. The lowest BCUT2D eigenvalue weighted by Gasteiger charge is -2.07. The van der Waals surface area contributed by atoms with Crippen molar-refractivity contribution in [3.05, 3.63) is 29.1 Å². The molecule has 0 saturated heterocycles. The lowest BCUT2D eigenvalue weighted by atomic mass is 10.2. The third-order valence-electron chi connectivity index (χ3n) is 2.18. The highest BCUT2D eigenvalue weighted by molar-refractivity contribution is 7.13. The summed E-state index contributed by atoms with van der Waals surface area (Å²) >= 11 is 1.70. The number of hydrogen-bond donors (Lipinski definition) is 0. The molecular weight excluding hydrogens is 208 g/mol. The number of nitrogens with zero attached hydrogens (tertiary/aromatic N) is 2. The largest absolute Gasteiger partial charge is 0.442 e. The monoisotopic (exact) mass is 222 g/mol. The molecule has 0 atom stereocenters. The average Bonchev–Trinajstić information content (AvgIpc) is 2.73. The molecule has 0 aliphatic rings.